The zero-order valence-electron chi connectivity index (χ0n) is 29.6. The topological polar surface area (TPSA) is 170 Å². The van der Waals surface area contributed by atoms with Gasteiger partial charge < -0.3 is 24.6 Å². The van der Waals surface area contributed by atoms with Crippen molar-refractivity contribution >= 4 is 19.6 Å². The molecule has 0 saturated carbocycles. The van der Waals surface area contributed by atoms with Gasteiger partial charge in [0.15, 0.2) is 6.23 Å². The summed E-state index contributed by atoms with van der Waals surface area (Å²) in [5.41, 5.74) is -2.31. The van der Waals surface area contributed by atoms with Crippen molar-refractivity contribution in [2.45, 2.75) is 160 Å². The Morgan fingerprint density at radius 2 is 1.43 bits per heavy atom. The Balaban J connectivity index is 1.78. The maximum absolute atomic E-state index is 13.8. The van der Waals surface area contributed by atoms with Gasteiger partial charge in [0.1, 0.15) is 18.3 Å². The van der Waals surface area contributed by atoms with E-state index in [2.05, 4.69) is 13.8 Å². The molecule has 1 fully saturated rings. The SMILES string of the molecule is CCCCCCCCCCCCSCC(COP(=O)(O)OCC1OC(n2cc(F)c(=O)[nH]c2=O)C(O)C1O)OCCCCCCCCCC. The largest absolute Gasteiger partial charge is 0.472 e. The van der Waals surface area contributed by atoms with Crippen LogP contribution in [0.1, 0.15) is 136 Å². The zero-order valence-corrected chi connectivity index (χ0v) is 31.3. The predicted octanol–water partition coefficient (Wildman–Crippen LogP) is 6.61. The van der Waals surface area contributed by atoms with E-state index in [0.717, 1.165) is 31.4 Å². The fourth-order valence-corrected chi connectivity index (χ4v) is 7.46. The Morgan fingerprint density at radius 1 is 0.878 bits per heavy atom. The summed E-state index contributed by atoms with van der Waals surface area (Å²) in [6.07, 6.45) is 15.9. The van der Waals surface area contributed by atoms with Gasteiger partial charge in [0.2, 0.25) is 5.82 Å². The van der Waals surface area contributed by atoms with Crippen LogP contribution in [0, 0.1) is 5.82 Å². The molecule has 1 aromatic heterocycles. The van der Waals surface area contributed by atoms with E-state index in [-0.39, 0.29) is 6.61 Å². The Labute approximate surface area is 295 Å². The molecule has 0 bridgehead atoms. The molecule has 6 unspecified atom stereocenters. The van der Waals surface area contributed by atoms with Crippen LogP contribution in [0.5, 0.6) is 0 Å². The number of phosphoric ester groups is 1. The minimum atomic E-state index is -4.63. The maximum Gasteiger partial charge on any atom is 0.472 e. The first-order chi connectivity index (χ1) is 23.6. The van der Waals surface area contributed by atoms with Crippen LogP contribution in [-0.4, -0.2) is 80.4 Å². The minimum absolute atomic E-state index is 0.179. The monoisotopic (exact) mass is 740 g/mol. The lowest BCUT2D eigenvalue weighted by Crippen LogP contribution is -2.38. The van der Waals surface area contributed by atoms with Crippen molar-refractivity contribution < 1.29 is 42.6 Å². The number of thioether (sulfide) groups is 1. The number of nitrogens with zero attached hydrogens (tertiary/aromatic N) is 1. The number of hydrogen-bond acceptors (Lipinski definition) is 10. The van der Waals surface area contributed by atoms with Gasteiger partial charge in [0.25, 0.3) is 5.56 Å². The Hall–Kier alpha value is -1.09. The van der Waals surface area contributed by atoms with Crippen molar-refractivity contribution in [1.29, 1.82) is 0 Å². The number of unbranched alkanes of at least 4 members (excludes halogenated alkanes) is 16. The summed E-state index contributed by atoms with van der Waals surface area (Å²) in [4.78, 5) is 35.6. The van der Waals surface area contributed by atoms with E-state index in [4.69, 9.17) is 18.5 Å². The number of rotatable bonds is 30. The molecule has 0 radical (unpaired) electrons. The third kappa shape index (κ3) is 18.3. The summed E-state index contributed by atoms with van der Waals surface area (Å²) < 4.78 is 48.9. The van der Waals surface area contributed by atoms with Gasteiger partial charge in [0.05, 0.1) is 25.5 Å². The van der Waals surface area contributed by atoms with Crippen LogP contribution in [-0.2, 0) is 23.1 Å². The molecule has 0 aromatic carbocycles. The maximum atomic E-state index is 13.8. The van der Waals surface area contributed by atoms with Crippen molar-refractivity contribution in [1.82, 2.24) is 9.55 Å². The summed E-state index contributed by atoms with van der Waals surface area (Å²) in [6.45, 7) is 4.11. The lowest BCUT2D eigenvalue weighted by molar-refractivity contribution is -0.0568. The van der Waals surface area contributed by atoms with Gasteiger partial charge in [-0.3, -0.25) is 23.4 Å². The quantitative estimate of drug-likeness (QED) is 0.0495. The number of aliphatic hydroxyl groups is 2. The number of aliphatic hydroxyl groups excluding tert-OH is 2. The van der Waals surface area contributed by atoms with E-state index in [1.54, 1.807) is 16.7 Å². The summed E-state index contributed by atoms with van der Waals surface area (Å²) in [7, 11) is -4.63. The summed E-state index contributed by atoms with van der Waals surface area (Å²) in [5, 5.41) is 20.8. The normalized spacial score (nSPS) is 21.3. The first-order valence-corrected chi connectivity index (χ1v) is 21.1. The Kier molecular flexibility index (Phi) is 23.2. The van der Waals surface area contributed by atoms with E-state index in [0.29, 0.717) is 23.1 Å². The van der Waals surface area contributed by atoms with Crippen molar-refractivity contribution in [3.05, 3.63) is 32.9 Å². The second-order valence-corrected chi connectivity index (χ2v) is 15.6. The average Bonchev–Trinajstić information content (AvgIpc) is 3.35. The molecule has 1 aliphatic heterocycles. The van der Waals surface area contributed by atoms with E-state index in [1.807, 2.05) is 0 Å². The number of aromatic amines is 1. The Morgan fingerprint density at radius 3 is 2.02 bits per heavy atom. The molecule has 12 nitrogen and oxygen atoms in total. The van der Waals surface area contributed by atoms with Crippen molar-refractivity contribution in [3.8, 4) is 0 Å². The second kappa shape index (κ2) is 25.8. The number of phosphoric acid groups is 1. The van der Waals surface area contributed by atoms with Crippen LogP contribution in [0.4, 0.5) is 4.39 Å². The van der Waals surface area contributed by atoms with Crippen molar-refractivity contribution in [2.24, 2.45) is 0 Å². The molecule has 0 amide bonds. The standard InChI is InChI=1S/C34H62FN2O10PS/c1-3-5-7-9-11-13-14-16-18-20-22-49-26-27(44-21-19-17-15-12-10-8-6-4-2)24-45-48(42,43)46-25-29-30(38)31(39)33(47-29)37-23-28(35)32(40)36-34(37)41/h23,27,29-31,33,38-39H,3-22,24-26H2,1-2H3,(H,42,43)(H,36,40,41). The van der Waals surface area contributed by atoms with Gasteiger partial charge in [-0.15, -0.1) is 0 Å². The van der Waals surface area contributed by atoms with Crippen LogP contribution < -0.4 is 11.2 Å². The lowest BCUT2D eigenvalue weighted by Gasteiger charge is -2.21. The molecular formula is C34H62FN2O10PS. The Bertz CT molecular complexity index is 1170. The fourth-order valence-electron chi connectivity index (χ4n) is 5.67. The highest BCUT2D eigenvalue weighted by Gasteiger charge is 2.45. The van der Waals surface area contributed by atoms with Gasteiger partial charge in [-0.05, 0) is 18.6 Å². The summed E-state index contributed by atoms with van der Waals surface area (Å²) >= 11 is 1.73. The van der Waals surface area contributed by atoms with E-state index >= 15 is 0 Å². The van der Waals surface area contributed by atoms with E-state index in [1.165, 1.54) is 89.9 Å². The van der Waals surface area contributed by atoms with E-state index in [9.17, 15) is 33.7 Å². The fraction of sp³-hybridized carbons (Fsp3) is 0.882. The number of H-pyrrole nitrogens is 1. The second-order valence-electron chi connectivity index (χ2n) is 13.0. The number of aromatic nitrogens is 2. The number of hydrogen-bond donors (Lipinski definition) is 4. The molecule has 0 aliphatic carbocycles. The van der Waals surface area contributed by atoms with Crippen LogP contribution in [0.15, 0.2) is 15.8 Å². The van der Waals surface area contributed by atoms with Crippen molar-refractivity contribution in [3.63, 3.8) is 0 Å². The van der Waals surface area contributed by atoms with Crippen LogP contribution >= 0.6 is 19.6 Å². The minimum Gasteiger partial charge on any atom is -0.387 e. The number of halogens is 1. The molecule has 4 N–H and O–H groups in total. The van der Waals surface area contributed by atoms with Crippen molar-refractivity contribution in [2.75, 3.05) is 31.3 Å². The summed E-state index contributed by atoms with van der Waals surface area (Å²) in [5.74, 6) is 0.264. The first-order valence-electron chi connectivity index (χ1n) is 18.4. The molecule has 15 heteroatoms. The third-order valence-corrected chi connectivity index (χ3v) is 10.8. The molecule has 0 spiro atoms. The van der Waals surface area contributed by atoms with Crippen LogP contribution in [0.2, 0.25) is 0 Å². The molecule has 1 aliphatic rings. The number of nitrogens with one attached hydrogen (secondary N) is 1. The summed E-state index contributed by atoms with van der Waals surface area (Å²) in [6, 6.07) is 0. The van der Waals surface area contributed by atoms with E-state index < -0.39 is 62.1 Å². The highest BCUT2D eigenvalue weighted by molar-refractivity contribution is 7.99. The first kappa shape index (κ1) is 44.1. The van der Waals surface area contributed by atoms with Gasteiger partial charge in [0, 0.05) is 12.4 Å². The average molecular weight is 741 g/mol. The van der Waals surface area contributed by atoms with Gasteiger partial charge in [-0.25, -0.2) is 9.36 Å². The molecule has 49 heavy (non-hydrogen) atoms. The van der Waals surface area contributed by atoms with Gasteiger partial charge in [-0.2, -0.15) is 16.2 Å². The molecule has 1 aromatic rings. The number of ether oxygens (including phenoxy) is 2. The molecule has 1 saturated heterocycles. The molecular weight excluding hydrogens is 678 g/mol. The molecule has 6 atom stereocenters. The van der Waals surface area contributed by atoms with Gasteiger partial charge >= 0.3 is 13.5 Å². The third-order valence-electron chi connectivity index (χ3n) is 8.66. The zero-order chi connectivity index (χ0) is 35.9. The smallest absolute Gasteiger partial charge is 0.387 e. The highest BCUT2D eigenvalue weighted by Crippen LogP contribution is 2.44. The molecule has 2 heterocycles. The van der Waals surface area contributed by atoms with Crippen LogP contribution in [0.3, 0.4) is 0 Å². The highest BCUT2D eigenvalue weighted by atomic mass is 32.2. The predicted molar refractivity (Wildman–Crippen MR) is 190 cm³/mol. The molecule has 286 valence electrons. The molecule has 2 rings (SSSR count). The van der Waals surface area contributed by atoms with Gasteiger partial charge in [-0.1, -0.05) is 117 Å². The van der Waals surface area contributed by atoms with Crippen LogP contribution in [0.25, 0.3) is 0 Å². The lowest BCUT2D eigenvalue weighted by atomic mass is 10.1.